The summed E-state index contributed by atoms with van der Waals surface area (Å²) in [5, 5.41) is 0.233. The number of rotatable bonds is 3. The molecule has 0 saturated carbocycles. The van der Waals surface area contributed by atoms with Crippen molar-refractivity contribution in [3.63, 3.8) is 0 Å². The van der Waals surface area contributed by atoms with Crippen LogP contribution in [-0.2, 0) is 15.6 Å². The Hall–Kier alpha value is -0.660. The molecule has 96 valence electrons. The summed E-state index contributed by atoms with van der Waals surface area (Å²) >= 11 is 2.94. The van der Waals surface area contributed by atoms with Crippen molar-refractivity contribution in [2.45, 2.75) is 17.4 Å². The van der Waals surface area contributed by atoms with Crippen molar-refractivity contribution in [2.75, 3.05) is 11.5 Å². The van der Waals surface area contributed by atoms with Crippen LogP contribution in [0.25, 0.3) is 11.0 Å². The van der Waals surface area contributed by atoms with E-state index in [1.54, 1.807) is 11.8 Å². The van der Waals surface area contributed by atoms with Gasteiger partial charge in [-0.3, -0.25) is 0 Å². The third-order valence-electron chi connectivity index (χ3n) is 3.03. The minimum absolute atomic E-state index is 0.233. The first kappa shape index (κ1) is 12.4. The third kappa shape index (κ3) is 2.53. The van der Waals surface area contributed by atoms with E-state index in [2.05, 4.69) is 8.75 Å². The molecule has 4 nitrogen and oxygen atoms in total. The van der Waals surface area contributed by atoms with Gasteiger partial charge in [-0.25, -0.2) is 8.42 Å². The molecule has 1 aromatic carbocycles. The molecule has 0 spiro atoms. The zero-order valence-corrected chi connectivity index (χ0v) is 12.0. The van der Waals surface area contributed by atoms with Gasteiger partial charge in [-0.1, -0.05) is 12.1 Å². The second-order valence-corrected chi connectivity index (χ2v) is 8.43. The van der Waals surface area contributed by atoms with Crippen LogP contribution in [0.3, 0.4) is 0 Å². The van der Waals surface area contributed by atoms with Crippen LogP contribution >= 0.6 is 23.5 Å². The second kappa shape index (κ2) is 4.79. The molecule has 1 unspecified atom stereocenters. The van der Waals surface area contributed by atoms with E-state index in [4.69, 9.17) is 0 Å². The lowest BCUT2D eigenvalue weighted by Gasteiger charge is -2.07. The van der Waals surface area contributed by atoms with Crippen molar-refractivity contribution in [1.82, 2.24) is 8.75 Å². The number of aromatic nitrogens is 2. The summed E-state index contributed by atoms with van der Waals surface area (Å²) in [4.78, 5) is 0. The smallest absolute Gasteiger partial charge is 0.151 e. The minimum Gasteiger partial charge on any atom is -0.229 e. The van der Waals surface area contributed by atoms with Gasteiger partial charge in [0.25, 0.3) is 0 Å². The van der Waals surface area contributed by atoms with Crippen molar-refractivity contribution in [3.8, 4) is 0 Å². The van der Waals surface area contributed by atoms with Gasteiger partial charge in [0.05, 0.1) is 23.2 Å². The number of thioether (sulfide) groups is 1. The van der Waals surface area contributed by atoms with Gasteiger partial charge < -0.3 is 0 Å². The Morgan fingerprint density at radius 1 is 1.39 bits per heavy atom. The predicted octanol–water partition coefficient (Wildman–Crippen LogP) is 2.11. The standard InChI is InChI=1S/C11H12N2O2S3/c14-18(15)5-4-9(7-18)16-6-8-2-1-3-10-11(8)13-17-12-10/h1-3,9H,4-7H2. The maximum atomic E-state index is 11.4. The van der Waals surface area contributed by atoms with Crippen LogP contribution in [0.1, 0.15) is 12.0 Å². The van der Waals surface area contributed by atoms with Crippen LogP contribution in [-0.4, -0.2) is 33.9 Å². The number of sulfone groups is 1. The van der Waals surface area contributed by atoms with Crippen LogP contribution in [0.15, 0.2) is 18.2 Å². The van der Waals surface area contributed by atoms with Gasteiger partial charge in [0.15, 0.2) is 9.84 Å². The van der Waals surface area contributed by atoms with Gasteiger partial charge in [0.1, 0.15) is 11.0 Å². The van der Waals surface area contributed by atoms with Crippen molar-refractivity contribution in [1.29, 1.82) is 0 Å². The molecule has 1 fully saturated rings. The first-order valence-corrected chi connectivity index (χ1v) is 9.26. The largest absolute Gasteiger partial charge is 0.229 e. The SMILES string of the molecule is O=S1(=O)CCC(SCc2cccc3nsnc23)C1. The van der Waals surface area contributed by atoms with E-state index in [9.17, 15) is 8.42 Å². The van der Waals surface area contributed by atoms with Gasteiger partial charge >= 0.3 is 0 Å². The van der Waals surface area contributed by atoms with Crippen LogP contribution in [0.4, 0.5) is 0 Å². The summed E-state index contributed by atoms with van der Waals surface area (Å²) in [5.41, 5.74) is 3.03. The molecule has 0 bridgehead atoms. The van der Waals surface area contributed by atoms with Gasteiger partial charge in [-0.2, -0.15) is 20.5 Å². The molecule has 0 N–H and O–H groups in total. The highest BCUT2D eigenvalue weighted by Crippen LogP contribution is 2.29. The molecular formula is C11H12N2O2S3. The lowest BCUT2D eigenvalue weighted by Crippen LogP contribution is -2.06. The first-order valence-electron chi connectivity index (χ1n) is 5.66. The number of fused-ring (bicyclic) bond motifs is 1. The summed E-state index contributed by atoms with van der Waals surface area (Å²) < 4.78 is 31.3. The molecule has 7 heteroatoms. The number of hydrogen-bond acceptors (Lipinski definition) is 6. The van der Waals surface area contributed by atoms with Crippen molar-refractivity contribution >= 4 is 44.4 Å². The molecule has 2 heterocycles. The van der Waals surface area contributed by atoms with E-state index >= 15 is 0 Å². The van der Waals surface area contributed by atoms with Crippen LogP contribution in [0.2, 0.25) is 0 Å². The molecule has 1 aromatic heterocycles. The molecule has 0 radical (unpaired) electrons. The number of benzene rings is 1. The van der Waals surface area contributed by atoms with E-state index < -0.39 is 9.84 Å². The highest BCUT2D eigenvalue weighted by molar-refractivity contribution is 8.01. The fraction of sp³-hybridized carbons (Fsp3) is 0.455. The lowest BCUT2D eigenvalue weighted by atomic mass is 10.2. The fourth-order valence-electron chi connectivity index (χ4n) is 2.08. The zero-order chi connectivity index (χ0) is 12.6. The summed E-state index contributed by atoms with van der Waals surface area (Å²) in [5.74, 6) is 1.47. The van der Waals surface area contributed by atoms with Crippen molar-refractivity contribution in [3.05, 3.63) is 23.8 Å². The van der Waals surface area contributed by atoms with Gasteiger partial charge in [-0.05, 0) is 18.1 Å². The van der Waals surface area contributed by atoms with Gasteiger partial charge in [0, 0.05) is 11.0 Å². The van der Waals surface area contributed by atoms with Gasteiger partial charge in [-0.15, -0.1) is 0 Å². The van der Waals surface area contributed by atoms with E-state index in [1.807, 2.05) is 18.2 Å². The second-order valence-electron chi connectivity index (χ2n) is 4.39. The molecule has 3 rings (SSSR count). The molecule has 2 aromatic rings. The average Bonchev–Trinajstić information content (AvgIpc) is 2.92. The summed E-state index contributed by atoms with van der Waals surface area (Å²) in [6, 6.07) is 5.97. The van der Waals surface area contributed by atoms with E-state index in [-0.39, 0.29) is 5.25 Å². The molecule has 1 saturated heterocycles. The summed E-state index contributed by atoms with van der Waals surface area (Å²) in [6.07, 6.45) is 0.776. The fourth-order valence-corrected chi connectivity index (χ4v) is 6.28. The highest BCUT2D eigenvalue weighted by Gasteiger charge is 2.28. The Morgan fingerprint density at radius 2 is 2.28 bits per heavy atom. The van der Waals surface area contributed by atoms with E-state index in [0.717, 1.165) is 28.8 Å². The van der Waals surface area contributed by atoms with Crippen LogP contribution in [0.5, 0.6) is 0 Å². The van der Waals surface area contributed by atoms with Gasteiger partial charge in [0.2, 0.25) is 0 Å². The zero-order valence-electron chi connectivity index (χ0n) is 9.57. The molecule has 1 aliphatic heterocycles. The number of nitrogens with zero attached hydrogens (tertiary/aromatic N) is 2. The maximum absolute atomic E-state index is 11.4. The van der Waals surface area contributed by atoms with E-state index in [1.165, 1.54) is 11.7 Å². The quantitative estimate of drug-likeness (QED) is 0.869. The first-order chi connectivity index (χ1) is 8.64. The lowest BCUT2D eigenvalue weighted by molar-refractivity contribution is 0.602. The molecule has 18 heavy (non-hydrogen) atoms. The minimum atomic E-state index is -2.78. The Labute approximate surface area is 114 Å². The normalized spacial score (nSPS) is 22.6. The molecule has 1 atom stereocenters. The Balaban J connectivity index is 1.72. The van der Waals surface area contributed by atoms with E-state index in [0.29, 0.717) is 11.5 Å². The van der Waals surface area contributed by atoms with Crippen molar-refractivity contribution in [2.24, 2.45) is 0 Å². The molecular weight excluding hydrogens is 288 g/mol. The van der Waals surface area contributed by atoms with Crippen molar-refractivity contribution < 1.29 is 8.42 Å². The third-order valence-corrected chi connectivity index (χ3v) is 6.91. The number of hydrogen-bond donors (Lipinski definition) is 0. The summed E-state index contributed by atoms with van der Waals surface area (Å²) in [6.45, 7) is 0. The Morgan fingerprint density at radius 3 is 3.06 bits per heavy atom. The predicted molar refractivity (Wildman–Crippen MR) is 75.8 cm³/mol. The Kier molecular flexibility index (Phi) is 3.29. The molecule has 1 aliphatic rings. The topological polar surface area (TPSA) is 59.9 Å². The highest BCUT2D eigenvalue weighted by atomic mass is 32.2. The molecule has 0 amide bonds. The maximum Gasteiger partial charge on any atom is 0.151 e. The summed E-state index contributed by atoms with van der Waals surface area (Å²) in [7, 11) is -2.78. The monoisotopic (exact) mass is 300 g/mol. The average molecular weight is 300 g/mol. The van der Waals surface area contributed by atoms with Crippen LogP contribution < -0.4 is 0 Å². The van der Waals surface area contributed by atoms with Crippen LogP contribution in [0, 0.1) is 0 Å². The Bertz CT molecular complexity index is 666. The molecule has 0 aliphatic carbocycles.